The second-order valence-corrected chi connectivity index (χ2v) is 5.44. The number of aryl methyl sites for hydroxylation is 1. The summed E-state index contributed by atoms with van der Waals surface area (Å²) in [5, 5.41) is 3.01. The van der Waals surface area contributed by atoms with Gasteiger partial charge in [-0.2, -0.15) is 0 Å². The molecule has 3 heteroatoms. The zero-order valence-electron chi connectivity index (χ0n) is 12.8. The van der Waals surface area contributed by atoms with Gasteiger partial charge in [-0.15, -0.1) is 0 Å². The number of carbonyl (C=O) groups excluding carboxylic acids is 1. The molecule has 3 nitrogen and oxygen atoms in total. The van der Waals surface area contributed by atoms with E-state index in [0.29, 0.717) is 18.9 Å². The lowest BCUT2D eigenvalue weighted by Gasteiger charge is -2.20. The second-order valence-electron chi connectivity index (χ2n) is 5.44. The van der Waals surface area contributed by atoms with Crippen LogP contribution in [-0.4, -0.2) is 31.4 Å². The van der Waals surface area contributed by atoms with Crippen molar-refractivity contribution >= 4 is 5.91 Å². The van der Waals surface area contributed by atoms with Gasteiger partial charge in [-0.1, -0.05) is 32.0 Å². The molecular formula is C16H26N2O. The Hall–Kier alpha value is -1.35. The molecule has 0 unspecified atom stereocenters. The molecule has 19 heavy (non-hydrogen) atoms. The molecule has 0 atom stereocenters. The van der Waals surface area contributed by atoms with Crippen LogP contribution >= 0.6 is 0 Å². The Labute approximate surface area is 117 Å². The van der Waals surface area contributed by atoms with E-state index >= 15 is 0 Å². The standard InChI is InChI=1S/C16H26N2O/c1-12(2)14-7-6-13(3)15(10-14)11-18(5)16(19)8-9-17-4/h6-7,10,12,17H,8-9,11H2,1-5H3. The highest BCUT2D eigenvalue weighted by Crippen LogP contribution is 2.19. The minimum Gasteiger partial charge on any atom is -0.341 e. The van der Waals surface area contributed by atoms with Gasteiger partial charge in [0.05, 0.1) is 0 Å². The molecule has 0 spiro atoms. The number of rotatable bonds is 6. The maximum Gasteiger partial charge on any atom is 0.223 e. The first-order valence-electron chi connectivity index (χ1n) is 6.93. The predicted octanol–water partition coefficient (Wildman–Crippen LogP) is 2.69. The van der Waals surface area contributed by atoms with Crippen LogP contribution in [0.15, 0.2) is 18.2 Å². The van der Waals surface area contributed by atoms with E-state index in [-0.39, 0.29) is 5.91 Å². The molecule has 0 aliphatic heterocycles. The molecule has 0 saturated carbocycles. The number of nitrogens with one attached hydrogen (secondary N) is 1. The summed E-state index contributed by atoms with van der Waals surface area (Å²) < 4.78 is 0. The highest BCUT2D eigenvalue weighted by Gasteiger charge is 2.11. The third kappa shape index (κ3) is 4.67. The Bertz CT molecular complexity index is 427. The summed E-state index contributed by atoms with van der Waals surface area (Å²) in [6.45, 7) is 7.90. The van der Waals surface area contributed by atoms with E-state index in [1.807, 2.05) is 19.0 Å². The van der Waals surface area contributed by atoms with Gasteiger partial charge in [-0.25, -0.2) is 0 Å². The zero-order chi connectivity index (χ0) is 14.4. The molecule has 1 aromatic carbocycles. The van der Waals surface area contributed by atoms with E-state index in [1.165, 1.54) is 16.7 Å². The van der Waals surface area contributed by atoms with E-state index < -0.39 is 0 Å². The molecule has 106 valence electrons. The summed E-state index contributed by atoms with van der Waals surface area (Å²) in [5.41, 5.74) is 3.82. The molecule has 0 bridgehead atoms. The maximum absolute atomic E-state index is 11.9. The molecule has 1 rings (SSSR count). The maximum atomic E-state index is 11.9. The predicted molar refractivity (Wildman–Crippen MR) is 80.3 cm³/mol. The molecular weight excluding hydrogens is 236 g/mol. The average Bonchev–Trinajstić information content (AvgIpc) is 2.38. The third-order valence-corrected chi connectivity index (χ3v) is 3.46. The van der Waals surface area contributed by atoms with Crippen LogP contribution in [-0.2, 0) is 11.3 Å². The number of hydrogen-bond donors (Lipinski definition) is 1. The SMILES string of the molecule is CNCCC(=O)N(C)Cc1cc(C(C)C)ccc1C. The molecule has 0 aliphatic carbocycles. The summed E-state index contributed by atoms with van der Waals surface area (Å²) in [5.74, 6) is 0.702. The Morgan fingerprint density at radius 1 is 1.37 bits per heavy atom. The number of hydrogen-bond acceptors (Lipinski definition) is 2. The highest BCUT2D eigenvalue weighted by atomic mass is 16.2. The van der Waals surface area contributed by atoms with Gasteiger partial charge >= 0.3 is 0 Å². The Morgan fingerprint density at radius 3 is 2.63 bits per heavy atom. The summed E-state index contributed by atoms with van der Waals surface area (Å²) in [4.78, 5) is 13.7. The van der Waals surface area contributed by atoms with Gasteiger partial charge in [0, 0.05) is 26.6 Å². The molecule has 1 amide bonds. The van der Waals surface area contributed by atoms with Crippen molar-refractivity contribution in [2.75, 3.05) is 20.6 Å². The molecule has 1 aromatic rings. The molecule has 0 radical (unpaired) electrons. The lowest BCUT2D eigenvalue weighted by atomic mass is 9.97. The van der Waals surface area contributed by atoms with Crippen LogP contribution in [0.4, 0.5) is 0 Å². The fraction of sp³-hybridized carbons (Fsp3) is 0.562. The first-order chi connectivity index (χ1) is 8.95. The van der Waals surface area contributed by atoms with Gasteiger partial charge in [-0.3, -0.25) is 4.79 Å². The van der Waals surface area contributed by atoms with Crippen LogP contribution in [0.25, 0.3) is 0 Å². The van der Waals surface area contributed by atoms with Crippen molar-refractivity contribution in [2.24, 2.45) is 0 Å². The topological polar surface area (TPSA) is 32.3 Å². The smallest absolute Gasteiger partial charge is 0.223 e. The largest absolute Gasteiger partial charge is 0.341 e. The molecule has 0 heterocycles. The number of carbonyl (C=O) groups is 1. The van der Waals surface area contributed by atoms with Crippen molar-refractivity contribution in [2.45, 2.75) is 39.7 Å². The van der Waals surface area contributed by atoms with Crippen LogP contribution < -0.4 is 5.32 Å². The van der Waals surface area contributed by atoms with E-state index in [4.69, 9.17) is 0 Å². The van der Waals surface area contributed by atoms with Crippen LogP contribution in [0.1, 0.15) is 42.9 Å². The van der Waals surface area contributed by atoms with E-state index in [1.54, 1.807) is 0 Å². The monoisotopic (exact) mass is 262 g/mol. The van der Waals surface area contributed by atoms with Crippen LogP contribution in [0.2, 0.25) is 0 Å². The zero-order valence-corrected chi connectivity index (χ0v) is 12.8. The van der Waals surface area contributed by atoms with Crippen LogP contribution in [0.5, 0.6) is 0 Å². The van der Waals surface area contributed by atoms with Crippen molar-refractivity contribution < 1.29 is 4.79 Å². The quantitative estimate of drug-likeness (QED) is 0.855. The Morgan fingerprint density at radius 2 is 2.05 bits per heavy atom. The van der Waals surface area contributed by atoms with Crippen molar-refractivity contribution in [3.63, 3.8) is 0 Å². The molecule has 0 aliphatic rings. The van der Waals surface area contributed by atoms with Gasteiger partial charge < -0.3 is 10.2 Å². The average molecular weight is 262 g/mol. The minimum atomic E-state index is 0.184. The third-order valence-electron chi connectivity index (χ3n) is 3.46. The van der Waals surface area contributed by atoms with Crippen molar-refractivity contribution in [1.82, 2.24) is 10.2 Å². The van der Waals surface area contributed by atoms with Crippen LogP contribution in [0, 0.1) is 6.92 Å². The second kappa shape index (κ2) is 7.29. The fourth-order valence-corrected chi connectivity index (χ4v) is 1.99. The van der Waals surface area contributed by atoms with Gasteiger partial charge in [0.2, 0.25) is 5.91 Å². The van der Waals surface area contributed by atoms with Gasteiger partial charge in [0.1, 0.15) is 0 Å². The fourth-order valence-electron chi connectivity index (χ4n) is 1.99. The first-order valence-corrected chi connectivity index (χ1v) is 6.93. The Balaban J connectivity index is 2.75. The van der Waals surface area contributed by atoms with Gasteiger partial charge in [-0.05, 0) is 36.6 Å². The normalized spacial score (nSPS) is 10.8. The number of nitrogens with zero attached hydrogens (tertiary/aromatic N) is 1. The molecule has 0 aromatic heterocycles. The van der Waals surface area contributed by atoms with E-state index in [2.05, 4.69) is 44.3 Å². The first kappa shape index (κ1) is 15.7. The summed E-state index contributed by atoms with van der Waals surface area (Å²) >= 11 is 0. The van der Waals surface area contributed by atoms with E-state index in [9.17, 15) is 4.79 Å². The van der Waals surface area contributed by atoms with Crippen molar-refractivity contribution in [1.29, 1.82) is 0 Å². The van der Waals surface area contributed by atoms with Crippen molar-refractivity contribution in [3.05, 3.63) is 34.9 Å². The van der Waals surface area contributed by atoms with Gasteiger partial charge in [0.25, 0.3) is 0 Å². The minimum absolute atomic E-state index is 0.184. The summed E-state index contributed by atoms with van der Waals surface area (Å²) in [6, 6.07) is 6.55. The molecule has 1 N–H and O–H groups in total. The lowest BCUT2D eigenvalue weighted by Crippen LogP contribution is -2.29. The molecule has 0 fully saturated rings. The van der Waals surface area contributed by atoms with E-state index in [0.717, 1.165) is 6.54 Å². The van der Waals surface area contributed by atoms with Gasteiger partial charge in [0.15, 0.2) is 0 Å². The number of amides is 1. The lowest BCUT2D eigenvalue weighted by molar-refractivity contribution is -0.130. The van der Waals surface area contributed by atoms with Crippen molar-refractivity contribution in [3.8, 4) is 0 Å². The Kier molecular flexibility index (Phi) is 6.03. The summed E-state index contributed by atoms with van der Waals surface area (Å²) in [6.07, 6.45) is 0.552. The highest BCUT2D eigenvalue weighted by molar-refractivity contribution is 5.76. The summed E-state index contributed by atoms with van der Waals surface area (Å²) in [7, 11) is 3.74. The number of benzene rings is 1. The molecule has 0 saturated heterocycles. The van der Waals surface area contributed by atoms with Crippen LogP contribution in [0.3, 0.4) is 0 Å².